The standard InChI is InChI=1S/C34H40Cl2N6OS/c35-30-11-9-26(21-25(30)8-6-24-7-10-31(36)27(20-24)22-38-28-4-1-2-5-28)33-29-23-41(34(37)43)15-12-32(29)42(39-33)14-3-13-40-16-18-44-19-17-40/h7,9-11,20-21,28,38H,1-5,12-19,22-23H2,(H2,37,43). The maximum Gasteiger partial charge on any atom is 0.315 e. The van der Waals surface area contributed by atoms with Crippen LogP contribution in [0.2, 0.25) is 10.0 Å². The number of nitrogens with two attached hydrogens (primary N) is 1. The van der Waals surface area contributed by atoms with Crippen LogP contribution in [0.3, 0.4) is 0 Å². The van der Waals surface area contributed by atoms with E-state index < -0.39 is 6.03 Å². The zero-order valence-corrected chi connectivity index (χ0v) is 27.4. The van der Waals surface area contributed by atoms with Gasteiger partial charge in [-0.15, -0.1) is 0 Å². The van der Waals surface area contributed by atoms with E-state index in [1.54, 1.807) is 4.90 Å². The Kier molecular flexibility index (Phi) is 10.4. The Morgan fingerprint density at radius 3 is 2.61 bits per heavy atom. The summed E-state index contributed by atoms with van der Waals surface area (Å²) in [5, 5.41) is 10.1. The van der Waals surface area contributed by atoms with Crippen LogP contribution in [0.1, 0.15) is 60.1 Å². The van der Waals surface area contributed by atoms with Crippen molar-refractivity contribution in [2.24, 2.45) is 5.73 Å². The van der Waals surface area contributed by atoms with Crippen molar-refractivity contribution in [3.8, 4) is 23.1 Å². The van der Waals surface area contributed by atoms with E-state index in [0.717, 1.165) is 84.1 Å². The number of hydrogen-bond acceptors (Lipinski definition) is 5. The summed E-state index contributed by atoms with van der Waals surface area (Å²) in [4.78, 5) is 16.3. The lowest BCUT2D eigenvalue weighted by Crippen LogP contribution is -2.39. The third-order valence-corrected chi connectivity index (χ3v) is 10.6. The molecule has 0 bridgehead atoms. The molecule has 3 N–H and O–H groups in total. The lowest BCUT2D eigenvalue weighted by Gasteiger charge is -2.27. The summed E-state index contributed by atoms with van der Waals surface area (Å²) < 4.78 is 2.15. The van der Waals surface area contributed by atoms with Crippen molar-refractivity contribution in [1.29, 1.82) is 0 Å². The number of rotatable bonds is 8. The number of amides is 2. The molecule has 1 aliphatic carbocycles. The predicted octanol–water partition coefficient (Wildman–Crippen LogP) is 6.16. The number of halogens is 2. The van der Waals surface area contributed by atoms with Crippen LogP contribution in [-0.4, -0.2) is 69.3 Å². The monoisotopic (exact) mass is 650 g/mol. The van der Waals surface area contributed by atoms with E-state index in [4.69, 9.17) is 34.0 Å². The van der Waals surface area contributed by atoms with Crippen LogP contribution in [-0.2, 0) is 26.1 Å². The molecule has 6 rings (SSSR count). The van der Waals surface area contributed by atoms with Crippen LogP contribution in [0.25, 0.3) is 11.3 Å². The highest BCUT2D eigenvalue weighted by Crippen LogP contribution is 2.32. The van der Waals surface area contributed by atoms with E-state index in [1.807, 2.05) is 42.1 Å². The molecule has 2 aromatic carbocycles. The van der Waals surface area contributed by atoms with E-state index in [-0.39, 0.29) is 0 Å². The normalized spacial score (nSPS) is 17.4. The molecular formula is C34H40Cl2N6OS. The number of carbonyl (C=O) groups is 1. The third kappa shape index (κ3) is 7.58. The molecule has 7 nitrogen and oxygen atoms in total. The average Bonchev–Trinajstić information content (AvgIpc) is 3.69. The summed E-state index contributed by atoms with van der Waals surface area (Å²) in [5.41, 5.74) is 12.4. The fourth-order valence-electron chi connectivity index (χ4n) is 6.44. The maximum absolute atomic E-state index is 12.1. The second kappa shape index (κ2) is 14.6. The molecule has 10 heteroatoms. The molecular weight excluding hydrogens is 611 g/mol. The number of carbonyl (C=O) groups excluding carboxylic acids is 1. The van der Waals surface area contributed by atoms with Crippen molar-refractivity contribution < 1.29 is 4.79 Å². The molecule has 3 aromatic rings. The molecule has 2 amide bonds. The van der Waals surface area contributed by atoms with Crippen LogP contribution in [0.5, 0.6) is 0 Å². The summed E-state index contributed by atoms with van der Waals surface area (Å²) in [7, 11) is 0. The number of aromatic nitrogens is 2. The van der Waals surface area contributed by atoms with Gasteiger partial charge in [-0.2, -0.15) is 16.9 Å². The van der Waals surface area contributed by atoms with Gasteiger partial charge in [-0.05, 0) is 61.7 Å². The Balaban J connectivity index is 1.23. The average molecular weight is 652 g/mol. The highest BCUT2D eigenvalue weighted by molar-refractivity contribution is 7.99. The van der Waals surface area contributed by atoms with Gasteiger partial charge in [0.25, 0.3) is 0 Å². The van der Waals surface area contributed by atoms with Crippen molar-refractivity contribution in [2.45, 2.75) is 64.2 Å². The Bertz CT molecular complexity index is 1550. The minimum Gasteiger partial charge on any atom is -0.351 e. The van der Waals surface area contributed by atoms with Crippen LogP contribution < -0.4 is 11.1 Å². The lowest BCUT2D eigenvalue weighted by molar-refractivity contribution is 0.201. The molecule has 1 saturated heterocycles. The topological polar surface area (TPSA) is 79.4 Å². The fourth-order valence-corrected chi connectivity index (χ4v) is 7.77. The quantitative estimate of drug-likeness (QED) is 0.285. The van der Waals surface area contributed by atoms with E-state index in [9.17, 15) is 4.79 Å². The van der Waals surface area contributed by atoms with Crippen molar-refractivity contribution in [3.05, 3.63) is 74.4 Å². The smallest absolute Gasteiger partial charge is 0.315 e. The summed E-state index contributed by atoms with van der Waals surface area (Å²) >= 11 is 15.2. The van der Waals surface area contributed by atoms with E-state index in [0.29, 0.717) is 24.2 Å². The first-order chi connectivity index (χ1) is 21.4. The molecule has 0 spiro atoms. The highest BCUT2D eigenvalue weighted by atomic mass is 35.5. The number of hydrogen-bond donors (Lipinski definition) is 2. The number of benzene rings is 2. The van der Waals surface area contributed by atoms with Crippen molar-refractivity contribution in [3.63, 3.8) is 0 Å². The zero-order valence-electron chi connectivity index (χ0n) is 25.1. The van der Waals surface area contributed by atoms with Gasteiger partial charge in [0, 0.05) is 89.7 Å². The zero-order chi connectivity index (χ0) is 30.5. The van der Waals surface area contributed by atoms with E-state index in [2.05, 4.69) is 32.8 Å². The van der Waals surface area contributed by atoms with E-state index in [1.165, 1.54) is 42.9 Å². The van der Waals surface area contributed by atoms with Crippen molar-refractivity contribution in [1.82, 2.24) is 24.9 Å². The maximum atomic E-state index is 12.1. The second-order valence-electron chi connectivity index (χ2n) is 11.9. The molecule has 0 unspecified atom stereocenters. The van der Waals surface area contributed by atoms with Gasteiger partial charge in [0.15, 0.2) is 0 Å². The predicted molar refractivity (Wildman–Crippen MR) is 181 cm³/mol. The Labute approximate surface area is 274 Å². The summed E-state index contributed by atoms with van der Waals surface area (Å²) in [5.74, 6) is 9.02. The van der Waals surface area contributed by atoms with Gasteiger partial charge in [-0.3, -0.25) is 4.68 Å². The van der Waals surface area contributed by atoms with Gasteiger partial charge in [0.2, 0.25) is 0 Å². The SMILES string of the molecule is NC(=O)N1CCc2c(c(-c3ccc(Cl)c(C#Cc4ccc(Cl)c(CNC5CCCC5)c4)c3)nn2CCCN2CCSCC2)C1. The Morgan fingerprint density at radius 2 is 1.82 bits per heavy atom. The number of nitrogens with zero attached hydrogens (tertiary/aromatic N) is 4. The van der Waals surface area contributed by atoms with E-state index >= 15 is 0 Å². The van der Waals surface area contributed by atoms with Gasteiger partial charge in [-0.25, -0.2) is 4.79 Å². The van der Waals surface area contributed by atoms with Crippen LogP contribution in [0.4, 0.5) is 4.79 Å². The molecule has 0 atom stereocenters. The molecule has 3 heterocycles. The summed E-state index contributed by atoms with van der Waals surface area (Å²) in [6.45, 7) is 6.03. The molecule has 2 aliphatic heterocycles. The molecule has 1 aromatic heterocycles. The summed E-state index contributed by atoms with van der Waals surface area (Å²) in [6, 6.07) is 12.0. The van der Waals surface area contributed by atoms with Crippen molar-refractivity contribution >= 4 is 41.0 Å². The van der Waals surface area contributed by atoms with Gasteiger partial charge in [-0.1, -0.05) is 54.0 Å². The number of aryl methyl sites for hydroxylation is 1. The Hall–Kier alpha value is -2.67. The van der Waals surface area contributed by atoms with Gasteiger partial charge >= 0.3 is 6.03 Å². The minimum absolute atomic E-state index is 0.402. The van der Waals surface area contributed by atoms with Crippen LogP contribution in [0, 0.1) is 11.8 Å². The first-order valence-electron chi connectivity index (χ1n) is 15.7. The van der Waals surface area contributed by atoms with Gasteiger partial charge < -0.3 is 20.9 Å². The van der Waals surface area contributed by atoms with Crippen LogP contribution in [0.15, 0.2) is 36.4 Å². The Morgan fingerprint density at radius 1 is 1.02 bits per heavy atom. The first kappa shape index (κ1) is 31.3. The number of nitrogens with one attached hydrogen (secondary N) is 1. The van der Waals surface area contributed by atoms with Crippen molar-refractivity contribution in [2.75, 3.05) is 37.7 Å². The molecule has 44 heavy (non-hydrogen) atoms. The number of thioether (sulfide) groups is 1. The molecule has 1 saturated carbocycles. The third-order valence-electron chi connectivity index (χ3n) is 8.96. The molecule has 232 valence electrons. The van der Waals surface area contributed by atoms with Gasteiger partial charge in [0.1, 0.15) is 0 Å². The highest BCUT2D eigenvalue weighted by Gasteiger charge is 2.27. The largest absolute Gasteiger partial charge is 0.351 e. The first-order valence-corrected chi connectivity index (χ1v) is 17.6. The molecule has 3 aliphatic rings. The summed E-state index contributed by atoms with van der Waals surface area (Å²) in [6.07, 6.45) is 6.81. The number of urea groups is 1. The molecule has 2 fully saturated rings. The van der Waals surface area contributed by atoms with Crippen LogP contribution >= 0.6 is 35.0 Å². The minimum atomic E-state index is -0.402. The number of primary amides is 1. The second-order valence-corrected chi connectivity index (χ2v) is 14.0. The lowest BCUT2D eigenvalue weighted by atomic mass is 9.99. The number of fused-ring (bicyclic) bond motifs is 1. The fraction of sp³-hybridized carbons (Fsp3) is 0.471. The van der Waals surface area contributed by atoms with Gasteiger partial charge in [0.05, 0.1) is 17.3 Å². The molecule has 0 radical (unpaired) electrons.